The summed E-state index contributed by atoms with van der Waals surface area (Å²) in [7, 11) is 0. The van der Waals surface area contributed by atoms with Crippen LogP contribution in [-0.4, -0.2) is 4.57 Å². The molecule has 0 bridgehead atoms. The molecule has 0 fully saturated rings. The molecule has 0 aliphatic heterocycles. The van der Waals surface area contributed by atoms with Gasteiger partial charge in [0.05, 0.1) is 0 Å². The third kappa shape index (κ3) is 1.72. The molecule has 0 saturated heterocycles. The Morgan fingerprint density at radius 2 is 2.25 bits per heavy atom. The van der Waals surface area contributed by atoms with Gasteiger partial charge in [-0.2, -0.15) is 0 Å². The van der Waals surface area contributed by atoms with Crippen LogP contribution in [0, 0.1) is 6.92 Å². The second-order valence-electron chi connectivity index (χ2n) is 2.46. The lowest BCUT2D eigenvalue weighted by molar-refractivity contribution is 0.998. The lowest BCUT2D eigenvalue weighted by Crippen LogP contribution is -2.14. The van der Waals surface area contributed by atoms with E-state index in [0.717, 1.165) is 5.49 Å². The van der Waals surface area contributed by atoms with Crippen LogP contribution in [0.5, 0.6) is 0 Å². The number of aryl methyl sites for hydroxylation is 1. The first-order valence-corrected chi connectivity index (χ1v) is 3.74. The fourth-order valence-electron chi connectivity index (χ4n) is 0.952. The van der Waals surface area contributed by atoms with Gasteiger partial charge in [0.25, 0.3) is 0 Å². The van der Waals surface area contributed by atoms with Crippen LogP contribution in [0.25, 0.3) is 6.20 Å². The van der Waals surface area contributed by atoms with Crippen LogP contribution < -0.4 is 5.49 Å². The first kappa shape index (κ1) is 8.53. The zero-order chi connectivity index (χ0) is 8.97. The first-order valence-electron chi connectivity index (χ1n) is 3.74. The van der Waals surface area contributed by atoms with Gasteiger partial charge in [-0.05, 0) is 24.6 Å². The van der Waals surface area contributed by atoms with E-state index >= 15 is 0 Å². The van der Waals surface area contributed by atoms with Crippen LogP contribution in [-0.2, 0) is 0 Å². The van der Waals surface area contributed by atoms with Crippen molar-refractivity contribution in [2.24, 2.45) is 4.99 Å². The molecular formula is C10H12N2. The minimum atomic E-state index is 0.847. The Bertz CT molecular complexity index is 358. The van der Waals surface area contributed by atoms with Crippen molar-refractivity contribution in [3.63, 3.8) is 0 Å². The fraction of sp³-hybridized carbons (Fsp3) is 0.100. The zero-order valence-electron chi connectivity index (χ0n) is 7.20. The molecule has 62 valence electrons. The van der Waals surface area contributed by atoms with Crippen molar-refractivity contribution in [3.05, 3.63) is 48.7 Å². The number of pyridine rings is 1. The van der Waals surface area contributed by atoms with Gasteiger partial charge in [-0.25, -0.2) is 4.99 Å². The normalized spacial score (nSPS) is 11.2. The van der Waals surface area contributed by atoms with Gasteiger partial charge in [-0.15, -0.1) is 0 Å². The summed E-state index contributed by atoms with van der Waals surface area (Å²) in [6.07, 6.45) is 5.15. The average Bonchev–Trinajstić information content (AvgIpc) is 2.05. The Morgan fingerprint density at radius 1 is 1.50 bits per heavy atom. The highest BCUT2D eigenvalue weighted by Gasteiger charge is 1.87. The molecule has 1 heterocycles. The SMILES string of the molecule is C=C/N=c1/cc(C)ccn1C=C. The van der Waals surface area contributed by atoms with Gasteiger partial charge in [0.1, 0.15) is 5.49 Å². The van der Waals surface area contributed by atoms with Crippen molar-refractivity contribution >= 4 is 6.20 Å². The van der Waals surface area contributed by atoms with E-state index in [2.05, 4.69) is 18.2 Å². The van der Waals surface area contributed by atoms with Crippen LogP contribution in [0.15, 0.2) is 42.7 Å². The number of hydrogen-bond acceptors (Lipinski definition) is 1. The molecule has 1 rings (SSSR count). The van der Waals surface area contributed by atoms with Crippen molar-refractivity contribution in [2.45, 2.75) is 6.92 Å². The molecule has 1 aromatic heterocycles. The highest BCUT2D eigenvalue weighted by atomic mass is 15.0. The van der Waals surface area contributed by atoms with E-state index in [1.165, 1.54) is 11.8 Å². The van der Waals surface area contributed by atoms with Gasteiger partial charge in [0, 0.05) is 18.6 Å². The summed E-state index contributed by atoms with van der Waals surface area (Å²) in [6, 6.07) is 3.98. The van der Waals surface area contributed by atoms with E-state index in [9.17, 15) is 0 Å². The summed E-state index contributed by atoms with van der Waals surface area (Å²) in [4.78, 5) is 4.09. The fourth-order valence-corrected chi connectivity index (χ4v) is 0.952. The molecule has 0 aliphatic rings. The molecule has 0 unspecified atom stereocenters. The lowest BCUT2D eigenvalue weighted by atomic mass is 10.3. The van der Waals surface area contributed by atoms with E-state index in [4.69, 9.17) is 0 Å². The van der Waals surface area contributed by atoms with Crippen molar-refractivity contribution in [1.82, 2.24) is 4.57 Å². The molecule has 2 nitrogen and oxygen atoms in total. The summed E-state index contributed by atoms with van der Waals surface area (Å²) in [5, 5.41) is 0. The van der Waals surface area contributed by atoms with E-state index in [1.54, 1.807) is 6.20 Å². The molecular weight excluding hydrogens is 148 g/mol. The second kappa shape index (κ2) is 3.72. The highest BCUT2D eigenvalue weighted by Crippen LogP contribution is 1.90. The van der Waals surface area contributed by atoms with Crippen LogP contribution >= 0.6 is 0 Å². The van der Waals surface area contributed by atoms with Crippen molar-refractivity contribution in [1.29, 1.82) is 0 Å². The average molecular weight is 160 g/mol. The Morgan fingerprint density at radius 3 is 2.83 bits per heavy atom. The van der Waals surface area contributed by atoms with Crippen LogP contribution in [0.4, 0.5) is 0 Å². The maximum absolute atomic E-state index is 4.09. The van der Waals surface area contributed by atoms with Gasteiger partial charge < -0.3 is 4.57 Å². The largest absolute Gasteiger partial charge is 0.309 e. The summed E-state index contributed by atoms with van der Waals surface area (Å²) in [5.74, 6) is 0. The van der Waals surface area contributed by atoms with Crippen LogP contribution in [0.2, 0.25) is 0 Å². The minimum Gasteiger partial charge on any atom is -0.309 e. The Kier molecular flexibility index (Phi) is 2.64. The lowest BCUT2D eigenvalue weighted by Gasteiger charge is -1.99. The minimum absolute atomic E-state index is 0.847. The molecule has 0 spiro atoms. The van der Waals surface area contributed by atoms with Gasteiger partial charge in [-0.1, -0.05) is 13.2 Å². The van der Waals surface area contributed by atoms with Crippen LogP contribution in [0.1, 0.15) is 5.56 Å². The quantitative estimate of drug-likeness (QED) is 0.629. The maximum Gasteiger partial charge on any atom is 0.136 e. The molecule has 0 aromatic carbocycles. The Hall–Kier alpha value is -1.57. The van der Waals surface area contributed by atoms with Gasteiger partial charge >= 0.3 is 0 Å². The standard InChI is InChI=1S/C10H12N2/c1-4-11-10-8-9(3)6-7-12(10)5-2/h4-8H,1-2H2,3H3/b11-10-. The Labute approximate surface area is 72.2 Å². The molecule has 2 heteroatoms. The number of hydrogen-bond donors (Lipinski definition) is 0. The molecule has 0 amide bonds. The number of nitrogens with zero attached hydrogens (tertiary/aromatic N) is 2. The summed E-state index contributed by atoms with van der Waals surface area (Å²) < 4.78 is 1.84. The summed E-state index contributed by atoms with van der Waals surface area (Å²) >= 11 is 0. The monoisotopic (exact) mass is 160 g/mol. The molecule has 0 aliphatic carbocycles. The van der Waals surface area contributed by atoms with E-state index in [-0.39, 0.29) is 0 Å². The van der Waals surface area contributed by atoms with Crippen molar-refractivity contribution in [3.8, 4) is 0 Å². The second-order valence-corrected chi connectivity index (χ2v) is 2.46. The predicted octanol–water partition coefficient (Wildman–Crippen LogP) is 1.94. The van der Waals surface area contributed by atoms with E-state index in [0.29, 0.717) is 0 Å². The molecule has 0 N–H and O–H groups in total. The smallest absolute Gasteiger partial charge is 0.136 e. The third-order valence-electron chi connectivity index (χ3n) is 1.54. The topological polar surface area (TPSA) is 17.3 Å². The number of rotatable bonds is 2. The van der Waals surface area contributed by atoms with Gasteiger partial charge in [-0.3, -0.25) is 0 Å². The van der Waals surface area contributed by atoms with Crippen molar-refractivity contribution < 1.29 is 0 Å². The zero-order valence-corrected chi connectivity index (χ0v) is 7.20. The predicted molar refractivity (Wildman–Crippen MR) is 51.3 cm³/mol. The molecule has 0 atom stereocenters. The third-order valence-corrected chi connectivity index (χ3v) is 1.54. The van der Waals surface area contributed by atoms with Crippen molar-refractivity contribution in [2.75, 3.05) is 0 Å². The maximum atomic E-state index is 4.09. The highest BCUT2D eigenvalue weighted by molar-refractivity contribution is 5.20. The summed E-state index contributed by atoms with van der Waals surface area (Å²) in [6.45, 7) is 9.24. The molecule has 1 aromatic rings. The van der Waals surface area contributed by atoms with Gasteiger partial charge in [0.15, 0.2) is 0 Å². The Balaban J connectivity index is 3.41. The van der Waals surface area contributed by atoms with E-state index in [1.807, 2.05) is 29.8 Å². The first-order chi connectivity index (χ1) is 5.77. The summed E-state index contributed by atoms with van der Waals surface area (Å²) in [5.41, 5.74) is 2.02. The van der Waals surface area contributed by atoms with Gasteiger partial charge in [0.2, 0.25) is 0 Å². The number of aromatic nitrogens is 1. The van der Waals surface area contributed by atoms with E-state index < -0.39 is 0 Å². The van der Waals surface area contributed by atoms with Crippen LogP contribution in [0.3, 0.4) is 0 Å². The molecule has 0 saturated carbocycles. The molecule has 0 radical (unpaired) electrons. The molecule has 12 heavy (non-hydrogen) atoms.